The summed E-state index contributed by atoms with van der Waals surface area (Å²) in [5.41, 5.74) is 0.867. The highest BCUT2D eigenvalue weighted by atomic mass is 16.7. The minimum atomic E-state index is -0.832. The molecule has 1 amide bonds. The topological polar surface area (TPSA) is 88.1 Å². The molecule has 0 bridgehead atoms. The van der Waals surface area contributed by atoms with Gasteiger partial charge in [0.15, 0.2) is 11.5 Å². The summed E-state index contributed by atoms with van der Waals surface area (Å²) in [5.74, 6) is 0.471. The third-order valence-corrected chi connectivity index (χ3v) is 4.08. The third-order valence-electron chi connectivity index (χ3n) is 4.08. The van der Waals surface area contributed by atoms with E-state index < -0.39 is 5.97 Å². The maximum absolute atomic E-state index is 12.5. The number of carboxylic acid groups (broad SMARTS) is 1. The van der Waals surface area contributed by atoms with Gasteiger partial charge in [0.1, 0.15) is 0 Å². The number of aliphatic carboxylic acids is 1. The van der Waals surface area contributed by atoms with Crippen LogP contribution in [0.3, 0.4) is 0 Å². The second kappa shape index (κ2) is 6.87. The molecule has 1 unspecified atom stereocenters. The Morgan fingerprint density at radius 1 is 1.30 bits per heavy atom. The van der Waals surface area contributed by atoms with Gasteiger partial charge in [-0.3, -0.25) is 9.59 Å². The Labute approximate surface area is 134 Å². The average Bonchev–Trinajstić information content (AvgIpc) is 2.84. The van der Waals surface area contributed by atoms with E-state index in [0.29, 0.717) is 37.7 Å². The van der Waals surface area contributed by atoms with Crippen LogP contribution >= 0.6 is 0 Å². The van der Waals surface area contributed by atoms with E-state index >= 15 is 0 Å². The molecule has 2 aliphatic rings. The van der Waals surface area contributed by atoms with E-state index in [1.807, 2.05) is 18.2 Å². The summed E-state index contributed by atoms with van der Waals surface area (Å²) in [6.07, 6.45) is 0.344. The smallest absolute Gasteiger partial charge is 0.303 e. The lowest BCUT2D eigenvalue weighted by Crippen LogP contribution is -2.37. The number of carboxylic acids is 1. The molecule has 1 fully saturated rings. The number of benzene rings is 1. The second-order valence-electron chi connectivity index (χ2n) is 5.87. The molecule has 2 aliphatic heterocycles. The van der Waals surface area contributed by atoms with Crippen LogP contribution in [0.25, 0.3) is 0 Å². The summed E-state index contributed by atoms with van der Waals surface area (Å²) in [5, 5.41) is 12.1. The zero-order valence-corrected chi connectivity index (χ0v) is 12.8. The van der Waals surface area contributed by atoms with Crippen LogP contribution in [0.1, 0.15) is 12.0 Å². The zero-order valence-electron chi connectivity index (χ0n) is 12.8. The van der Waals surface area contributed by atoms with Crippen LogP contribution in [0.4, 0.5) is 0 Å². The monoisotopic (exact) mass is 320 g/mol. The van der Waals surface area contributed by atoms with Gasteiger partial charge in [-0.1, -0.05) is 6.07 Å². The molecular weight excluding hydrogens is 300 g/mol. The number of carbonyl (C=O) groups excluding carboxylic acids is 1. The Morgan fingerprint density at radius 2 is 2.13 bits per heavy atom. The van der Waals surface area contributed by atoms with Crippen LogP contribution in [-0.4, -0.2) is 54.9 Å². The Bertz CT molecular complexity index is 604. The molecule has 0 radical (unpaired) electrons. The van der Waals surface area contributed by atoms with E-state index in [1.54, 1.807) is 4.90 Å². The predicted octanol–water partition coefficient (Wildman–Crippen LogP) is 0.480. The van der Waals surface area contributed by atoms with Crippen molar-refractivity contribution in [3.8, 4) is 11.5 Å². The minimum Gasteiger partial charge on any atom is -0.481 e. The fourth-order valence-electron chi connectivity index (χ4n) is 2.94. The van der Waals surface area contributed by atoms with Gasteiger partial charge >= 0.3 is 5.97 Å². The summed E-state index contributed by atoms with van der Waals surface area (Å²) in [6, 6.07) is 5.49. The number of rotatable bonds is 4. The Kier molecular flexibility index (Phi) is 4.66. The van der Waals surface area contributed by atoms with E-state index in [9.17, 15) is 9.59 Å². The molecule has 1 aromatic rings. The molecule has 23 heavy (non-hydrogen) atoms. The number of nitrogens with zero attached hydrogens (tertiary/aromatic N) is 1. The van der Waals surface area contributed by atoms with Crippen LogP contribution in [-0.2, 0) is 16.0 Å². The van der Waals surface area contributed by atoms with E-state index in [0.717, 1.165) is 5.56 Å². The molecule has 1 saturated heterocycles. The van der Waals surface area contributed by atoms with Crippen molar-refractivity contribution in [3.05, 3.63) is 23.8 Å². The van der Waals surface area contributed by atoms with Gasteiger partial charge in [0, 0.05) is 26.2 Å². The Hall–Kier alpha value is -2.28. The predicted molar refractivity (Wildman–Crippen MR) is 81.5 cm³/mol. The Balaban J connectivity index is 1.63. The van der Waals surface area contributed by atoms with Gasteiger partial charge in [-0.05, 0) is 23.6 Å². The van der Waals surface area contributed by atoms with Crippen molar-refractivity contribution in [3.63, 3.8) is 0 Å². The number of carbonyl (C=O) groups is 2. The fraction of sp³-hybridized carbons (Fsp3) is 0.500. The highest BCUT2D eigenvalue weighted by Crippen LogP contribution is 2.32. The molecule has 7 heteroatoms. The number of nitrogens with one attached hydrogen (secondary N) is 1. The number of ether oxygens (including phenoxy) is 2. The maximum Gasteiger partial charge on any atom is 0.303 e. The molecule has 7 nitrogen and oxygen atoms in total. The first-order valence-electron chi connectivity index (χ1n) is 7.70. The first-order valence-corrected chi connectivity index (χ1v) is 7.70. The molecule has 2 heterocycles. The fourth-order valence-corrected chi connectivity index (χ4v) is 2.94. The van der Waals surface area contributed by atoms with Gasteiger partial charge in [-0.15, -0.1) is 0 Å². The summed E-state index contributed by atoms with van der Waals surface area (Å²) >= 11 is 0. The van der Waals surface area contributed by atoms with Gasteiger partial charge in [-0.2, -0.15) is 0 Å². The lowest BCUT2D eigenvalue weighted by molar-refractivity contribution is -0.139. The summed E-state index contributed by atoms with van der Waals surface area (Å²) in [6.45, 7) is 2.59. The van der Waals surface area contributed by atoms with Gasteiger partial charge < -0.3 is 24.8 Å². The molecule has 0 saturated carbocycles. The highest BCUT2D eigenvalue weighted by Gasteiger charge is 2.24. The van der Waals surface area contributed by atoms with Gasteiger partial charge in [-0.25, -0.2) is 0 Å². The molecule has 1 atom stereocenters. The van der Waals surface area contributed by atoms with E-state index in [1.165, 1.54) is 0 Å². The molecule has 0 spiro atoms. The number of fused-ring (bicyclic) bond motifs is 1. The standard InChI is InChI=1S/C16H20N2O5/c19-15(6-11-1-2-13-14(5-11)23-10-22-13)18-4-3-17-8-12(9-18)7-16(20)21/h1-2,5,12,17H,3-4,6-10H2,(H,20,21). The maximum atomic E-state index is 12.5. The van der Waals surface area contributed by atoms with Crippen LogP contribution in [0.15, 0.2) is 18.2 Å². The van der Waals surface area contributed by atoms with Gasteiger partial charge in [0.2, 0.25) is 12.7 Å². The largest absolute Gasteiger partial charge is 0.481 e. The van der Waals surface area contributed by atoms with Crippen molar-refractivity contribution < 1.29 is 24.2 Å². The van der Waals surface area contributed by atoms with Crippen LogP contribution < -0.4 is 14.8 Å². The zero-order chi connectivity index (χ0) is 16.2. The second-order valence-corrected chi connectivity index (χ2v) is 5.87. The summed E-state index contributed by atoms with van der Waals surface area (Å²) < 4.78 is 10.6. The molecule has 0 aliphatic carbocycles. The minimum absolute atomic E-state index is 0.00274. The van der Waals surface area contributed by atoms with Gasteiger partial charge in [0.25, 0.3) is 0 Å². The van der Waals surface area contributed by atoms with E-state index in [-0.39, 0.29) is 31.5 Å². The lowest BCUT2D eigenvalue weighted by Gasteiger charge is -2.23. The van der Waals surface area contributed by atoms with Crippen molar-refractivity contribution in [1.82, 2.24) is 10.2 Å². The first-order chi connectivity index (χ1) is 11.1. The lowest BCUT2D eigenvalue weighted by atomic mass is 10.0. The van der Waals surface area contributed by atoms with Crippen molar-refractivity contribution in [1.29, 1.82) is 0 Å². The van der Waals surface area contributed by atoms with E-state index in [2.05, 4.69) is 5.32 Å². The molecule has 0 aromatic heterocycles. The number of amides is 1. The summed E-state index contributed by atoms with van der Waals surface area (Å²) in [4.78, 5) is 25.2. The molecular formula is C16H20N2O5. The Morgan fingerprint density at radius 3 is 2.96 bits per heavy atom. The van der Waals surface area contributed by atoms with Crippen molar-refractivity contribution in [2.24, 2.45) is 5.92 Å². The van der Waals surface area contributed by atoms with Crippen LogP contribution in [0.2, 0.25) is 0 Å². The van der Waals surface area contributed by atoms with Crippen molar-refractivity contribution >= 4 is 11.9 Å². The molecule has 3 rings (SSSR count). The number of hydrogen-bond donors (Lipinski definition) is 2. The number of hydrogen-bond acceptors (Lipinski definition) is 5. The average molecular weight is 320 g/mol. The molecule has 2 N–H and O–H groups in total. The molecule has 1 aromatic carbocycles. The van der Waals surface area contributed by atoms with Crippen molar-refractivity contribution in [2.45, 2.75) is 12.8 Å². The van der Waals surface area contributed by atoms with Crippen LogP contribution in [0.5, 0.6) is 11.5 Å². The SMILES string of the molecule is O=C(O)CC1CNCCN(C(=O)Cc2ccc3c(c2)OCO3)C1. The highest BCUT2D eigenvalue weighted by molar-refractivity contribution is 5.79. The molecule has 124 valence electrons. The van der Waals surface area contributed by atoms with Crippen molar-refractivity contribution in [2.75, 3.05) is 33.0 Å². The van der Waals surface area contributed by atoms with Crippen LogP contribution in [0, 0.1) is 5.92 Å². The first kappa shape index (κ1) is 15.6. The quantitative estimate of drug-likeness (QED) is 0.839. The van der Waals surface area contributed by atoms with Gasteiger partial charge in [0.05, 0.1) is 12.8 Å². The summed E-state index contributed by atoms with van der Waals surface area (Å²) in [7, 11) is 0. The normalized spacial score (nSPS) is 20.2. The van der Waals surface area contributed by atoms with E-state index in [4.69, 9.17) is 14.6 Å². The third kappa shape index (κ3) is 3.92.